The maximum atomic E-state index is 12.6. The van der Waals surface area contributed by atoms with E-state index in [4.69, 9.17) is 18.7 Å². The molecule has 0 radical (unpaired) electrons. The number of ketones is 1. The van der Waals surface area contributed by atoms with Crippen LogP contribution in [0.3, 0.4) is 0 Å². The van der Waals surface area contributed by atoms with Crippen LogP contribution in [0, 0.1) is 5.92 Å². The molecule has 3 atom stereocenters. The Bertz CT molecular complexity index is 868. The van der Waals surface area contributed by atoms with Crippen LogP contribution in [-0.4, -0.2) is 94.0 Å². The van der Waals surface area contributed by atoms with Gasteiger partial charge in [0.05, 0.1) is 38.5 Å². The molecule has 1 saturated heterocycles. The van der Waals surface area contributed by atoms with Crippen LogP contribution in [0.25, 0.3) is 0 Å². The maximum Gasteiger partial charge on any atom is 0.311 e. The SMILES string of the molecule is CCOc1cc(C(=O)NC(COC)C(=O)NCC(=O)NC(CC(C)C)C(=O)C2(C)CO2)no1.COC. The van der Waals surface area contributed by atoms with Crippen molar-refractivity contribution in [2.24, 2.45) is 5.92 Å². The van der Waals surface area contributed by atoms with Crippen molar-refractivity contribution in [2.75, 3.05) is 47.7 Å². The highest BCUT2D eigenvalue weighted by molar-refractivity contribution is 5.98. The van der Waals surface area contributed by atoms with Gasteiger partial charge >= 0.3 is 5.95 Å². The van der Waals surface area contributed by atoms with Crippen molar-refractivity contribution in [1.29, 1.82) is 0 Å². The number of nitrogens with zero attached hydrogens (tertiary/aromatic N) is 1. The Morgan fingerprint density at radius 2 is 1.78 bits per heavy atom. The summed E-state index contributed by atoms with van der Waals surface area (Å²) in [5.74, 6) is -1.81. The fourth-order valence-electron chi connectivity index (χ4n) is 3.02. The second kappa shape index (κ2) is 15.2. The normalized spacial score (nSPS) is 17.8. The Morgan fingerprint density at radius 3 is 2.31 bits per heavy atom. The maximum absolute atomic E-state index is 12.6. The number of nitrogens with one attached hydrogen (secondary N) is 3. The number of epoxide rings is 1. The van der Waals surface area contributed by atoms with Gasteiger partial charge < -0.3 is 39.4 Å². The number of ether oxygens (including phenoxy) is 4. The van der Waals surface area contributed by atoms with Crippen LogP contribution < -0.4 is 20.7 Å². The van der Waals surface area contributed by atoms with E-state index in [-0.39, 0.29) is 36.5 Å². The summed E-state index contributed by atoms with van der Waals surface area (Å²) in [6, 6.07) is -0.512. The topological polar surface area (TPSA) is 171 Å². The molecule has 3 amide bonds. The van der Waals surface area contributed by atoms with E-state index in [1.807, 2.05) is 13.8 Å². The molecule has 2 rings (SSSR count). The number of methoxy groups -OCH3 is 2. The van der Waals surface area contributed by atoms with E-state index >= 15 is 0 Å². The van der Waals surface area contributed by atoms with Crippen molar-refractivity contribution in [3.63, 3.8) is 0 Å². The van der Waals surface area contributed by atoms with Crippen LogP contribution in [-0.2, 0) is 28.6 Å². The highest BCUT2D eigenvalue weighted by Crippen LogP contribution is 2.29. The number of Topliss-reactive ketones (excluding diaryl/α,β-unsaturated/α-hetero) is 1. The molecule has 3 unspecified atom stereocenters. The lowest BCUT2D eigenvalue weighted by atomic mass is 9.93. The van der Waals surface area contributed by atoms with Gasteiger partial charge in [-0.25, -0.2) is 0 Å². The number of rotatable bonds is 14. The summed E-state index contributed by atoms with van der Waals surface area (Å²) in [5, 5.41) is 11.2. The molecule has 1 aliphatic rings. The van der Waals surface area contributed by atoms with Crippen LogP contribution in [0.1, 0.15) is 44.6 Å². The van der Waals surface area contributed by atoms with E-state index in [2.05, 4.69) is 25.8 Å². The molecule has 2 heterocycles. The summed E-state index contributed by atoms with van der Waals surface area (Å²) < 4.78 is 24.4. The van der Waals surface area contributed by atoms with Gasteiger partial charge in [0.25, 0.3) is 5.91 Å². The van der Waals surface area contributed by atoms with Gasteiger partial charge in [-0.2, -0.15) is 0 Å². The number of carbonyl (C=O) groups excluding carboxylic acids is 4. The molecule has 0 saturated carbocycles. The molecule has 0 aliphatic carbocycles. The van der Waals surface area contributed by atoms with Gasteiger partial charge in [-0.3, -0.25) is 19.2 Å². The second-order valence-corrected chi connectivity index (χ2v) is 8.71. The predicted molar refractivity (Wildman–Crippen MR) is 127 cm³/mol. The van der Waals surface area contributed by atoms with Crippen molar-refractivity contribution in [3.8, 4) is 5.95 Å². The van der Waals surface area contributed by atoms with Gasteiger partial charge in [0.1, 0.15) is 11.6 Å². The quantitative estimate of drug-likeness (QED) is 0.289. The molecule has 0 aromatic carbocycles. The number of hydrogen-bond donors (Lipinski definition) is 3. The second-order valence-electron chi connectivity index (χ2n) is 8.71. The fraction of sp³-hybridized carbons (Fsp3) is 0.696. The highest BCUT2D eigenvalue weighted by atomic mass is 16.6. The summed E-state index contributed by atoms with van der Waals surface area (Å²) in [6.07, 6.45) is 0.446. The van der Waals surface area contributed by atoms with E-state index in [1.165, 1.54) is 13.2 Å². The molecule has 3 N–H and O–H groups in total. The molecule has 1 aromatic heterocycles. The molecule has 1 aliphatic heterocycles. The van der Waals surface area contributed by atoms with Crippen LogP contribution in [0.5, 0.6) is 5.95 Å². The smallest absolute Gasteiger partial charge is 0.311 e. The number of amides is 3. The number of hydrogen-bond acceptors (Lipinski definition) is 10. The van der Waals surface area contributed by atoms with Crippen molar-refractivity contribution in [1.82, 2.24) is 21.1 Å². The average Bonchev–Trinajstić information content (AvgIpc) is 3.39. The molecule has 0 bridgehead atoms. The molecule has 1 fully saturated rings. The largest absolute Gasteiger partial charge is 0.464 e. The van der Waals surface area contributed by atoms with E-state index < -0.39 is 35.4 Å². The standard InChI is InChI=1S/C21H32N4O8.C2H6O/c1-6-31-17-8-14(25-33-17)20(29)24-15(10-30-5)19(28)22-9-16(26)23-13(7-12(2)3)18(27)21(4)11-32-21;1-3-2/h8,12-13,15H,6-7,9-11H2,1-5H3,(H,22,28)(H,23,26)(H,24,29);1-2H3. The first-order valence-electron chi connectivity index (χ1n) is 11.6. The summed E-state index contributed by atoms with van der Waals surface area (Å²) >= 11 is 0. The summed E-state index contributed by atoms with van der Waals surface area (Å²) in [6.45, 7) is 7.44. The lowest BCUT2D eigenvalue weighted by molar-refractivity contribution is -0.131. The van der Waals surface area contributed by atoms with Crippen molar-refractivity contribution >= 4 is 23.5 Å². The minimum atomic E-state index is -1.09. The lowest BCUT2D eigenvalue weighted by Gasteiger charge is -2.22. The molecular formula is C23H38N4O9. The minimum Gasteiger partial charge on any atom is -0.464 e. The molecule has 13 heteroatoms. The third-order valence-corrected chi connectivity index (χ3v) is 4.84. The number of carbonyl (C=O) groups is 4. The third-order valence-electron chi connectivity index (χ3n) is 4.84. The van der Waals surface area contributed by atoms with Crippen molar-refractivity contribution in [3.05, 3.63) is 11.8 Å². The first kappa shape index (κ1) is 31.0. The first-order chi connectivity index (χ1) is 17.0. The Hall–Kier alpha value is -3.03. The van der Waals surface area contributed by atoms with Crippen molar-refractivity contribution in [2.45, 2.75) is 51.8 Å². The monoisotopic (exact) mass is 514 g/mol. The Balaban J connectivity index is 0.00000205. The van der Waals surface area contributed by atoms with Gasteiger partial charge in [-0.1, -0.05) is 19.0 Å². The van der Waals surface area contributed by atoms with E-state index in [0.29, 0.717) is 19.6 Å². The van der Waals surface area contributed by atoms with Gasteiger partial charge in [0.2, 0.25) is 11.8 Å². The zero-order valence-electron chi connectivity index (χ0n) is 22.0. The molecule has 36 heavy (non-hydrogen) atoms. The molecule has 13 nitrogen and oxygen atoms in total. The van der Waals surface area contributed by atoms with Gasteiger partial charge in [0, 0.05) is 21.3 Å². The lowest BCUT2D eigenvalue weighted by Crippen LogP contribution is -2.53. The van der Waals surface area contributed by atoms with Crippen LogP contribution in [0.2, 0.25) is 0 Å². The zero-order chi connectivity index (χ0) is 27.3. The van der Waals surface area contributed by atoms with E-state index in [1.54, 1.807) is 28.1 Å². The molecule has 0 spiro atoms. The highest BCUT2D eigenvalue weighted by Gasteiger charge is 2.50. The van der Waals surface area contributed by atoms with Crippen LogP contribution in [0.4, 0.5) is 0 Å². The zero-order valence-corrected chi connectivity index (χ0v) is 22.0. The van der Waals surface area contributed by atoms with E-state index in [0.717, 1.165) is 0 Å². The van der Waals surface area contributed by atoms with E-state index in [9.17, 15) is 19.2 Å². The van der Waals surface area contributed by atoms with Crippen molar-refractivity contribution < 1.29 is 42.6 Å². The molecule has 1 aromatic rings. The third kappa shape index (κ3) is 10.3. The van der Waals surface area contributed by atoms with Crippen LogP contribution >= 0.6 is 0 Å². The predicted octanol–water partition coefficient (Wildman–Crippen LogP) is 0.0858. The molecular weight excluding hydrogens is 476 g/mol. The first-order valence-corrected chi connectivity index (χ1v) is 11.6. The van der Waals surface area contributed by atoms with Crippen LogP contribution in [0.15, 0.2) is 10.6 Å². The summed E-state index contributed by atoms with van der Waals surface area (Å²) in [4.78, 5) is 49.9. The minimum absolute atomic E-state index is 0.0722. The van der Waals surface area contributed by atoms with Gasteiger partial charge in [0.15, 0.2) is 11.5 Å². The molecule has 204 valence electrons. The van der Waals surface area contributed by atoms with Gasteiger partial charge in [-0.05, 0) is 26.2 Å². The Labute approximate surface area is 210 Å². The Morgan fingerprint density at radius 1 is 1.14 bits per heavy atom. The number of aromatic nitrogens is 1. The summed E-state index contributed by atoms with van der Waals surface area (Å²) in [7, 11) is 4.62. The Kier molecular flexibility index (Phi) is 13.1. The average molecular weight is 515 g/mol. The fourth-order valence-corrected chi connectivity index (χ4v) is 3.02. The summed E-state index contributed by atoms with van der Waals surface area (Å²) in [5.41, 5.74) is -0.941. The van der Waals surface area contributed by atoms with Gasteiger partial charge in [-0.15, -0.1) is 0 Å².